The van der Waals surface area contributed by atoms with Crippen LogP contribution < -0.4 is 5.73 Å². The number of hydrogen-bond donors (Lipinski definition) is 2. The number of carboxylic acids is 1. The van der Waals surface area contributed by atoms with Crippen molar-refractivity contribution in [3.05, 3.63) is 34.9 Å². The third-order valence-corrected chi connectivity index (χ3v) is 2.45. The number of aromatic carboxylic acids is 1. The Kier molecular flexibility index (Phi) is 3.95. The van der Waals surface area contributed by atoms with Crippen molar-refractivity contribution in [1.82, 2.24) is 0 Å². The molecule has 0 aliphatic carbocycles. The van der Waals surface area contributed by atoms with E-state index in [0.717, 1.165) is 12.1 Å². The summed E-state index contributed by atoms with van der Waals surface area (Å²) in [6, 6.07) is 2.17. The maximum absolute atomic E-state index is 13.1. The van der Waals surface area contributed by atoms with E-state index >= 15 is 0 Å². The zero-order valence-electron chi connectivity index (χ0n) is 8.84. The highest BCUT2D eigenvalue weighted by Crippen LogP contribution is 2.23. The van der Waals surface area contributed by atoms with Crippen molar-refractivity contribution in [2.45, 2.75) is 19.3 Å². The van der Waals surface area contributed by atoms with E-state index in [0.29, 0.717) is 18.5 Å². The predicted octanol–water partition coefficient (Wildman–Crippen LogP) is 2.12. The third-order valence-electron chi connectivity index (χ3n) is 2.45. The lowest BCUT2D eigenvalue weighted by molar-refractivity contribution is 0.0690. The molecule has 5 heteroatoms. The van der Waals surface area contributed by atoms with Crippen LogP contribution in [0, 0.1) is 11.6 Å². The van der Waals surface area contributed by atoms with Gasteiger partial charge in [0.1, 0.15) is 0 Å². The van der Waals surface area contributed by atoms with Gasteiger partial charge in [0.15, 0.2) is 11.6 Å². The smallest absolute Gasteiger partial charge is 0.338 e. The standard InChI is InChI=1S/C11H13F2NO2/c1-6(2-3-14)7-4-8(11(15)16)10(13)9(12)5-7/h4-6H,2-3,14H2,1H3,(H,15,16). The molecular formula is C11H13F2NO2. The normalized spacial score (nSPS) is 12.5. The Hall–Kier alpha value is -1.49. The number of rotatable bonds is 4. The Balaban J connectivity index is 3.18. The number of halogens is 2. The fraction of sp³-hybridized carbons (Fsp3) is 0.364. The highest BCUT2D eigenvalue weighted by atomic mass is 19.2. The van der Waals surface area contributed by atoms with E-state index in [-0.39, 0.29) is 5.92 Å². The molecule has 3 nitrogen and oxygen atoms in total. The van der Waals surface area contributed by atoms with Crippen LogP contribution in [0.25, 0.3) is 0 Å². The number of carboxylic acid groups (broad SMARTS) is 1. The molecule has 0 heterocycles. The van der Waals surface area contributed by atoms with Crippen LogP contribution in [-0.2, 0) is 0 Å². The van der Waals surface area contributed by atoms with Crippen molar-refractivity contribution in [2.24, 2.45) is 5.73 Å². The molecule has 0 aliphatic heterocycles. The van der Waals surface area contributed by atoms with E-state index in [1.165, 1.54) is 0 Å². The zero-order valence-corrected chi connectivity index (χ0v) is 8.84. The summed E-state index contributed by atoms with van der Waals surface area (Å²) in [6.07, 6.45) is 0.587. The molecule has 0 saturated carbocycles. The molecule has 0 aliphatic rings. The van der Waals surface area contributed by atoms with E-state index in [9.17, 15) is 13.6 Å². The van der Waals surface area contributed by atoms with E-state index in [4.69, 9.17) is 10.8 Å². The molecule has 16 heavy (non-hydrogen) atoms. The Morgan fingerprint density at radius 3 is 2.62 bits per heavy atom. The summed E-state index contributed by atoms with van der Waals surface area (Å²) in [4.78, 5) is 10.7. The van der Waals surface area contributed by atoms with Crippen molar-refractivity contribution < 1.29 is 18.7 Å². The van der Waals surface area contributed by atoms with Crippen LogP contribution in [0.2, 0.25) is 0 Å². The lowest BCUT2D eigenvalue weighted by atomic mass is 9.95. The SMILES string of the molecule is CC(CCN)c1cc(F)c(F)c(C(=O)O)c1. The van der Waals surface area contributed by atoms with Crippen LogP contribution >= 0.6 is 0 Å². The lowest BCUT2D eigenvalue weighted by Gasteiger charge is -2.12. The molecule has 0 fully saturated rings. The Labute approximate surface area is 91.9 Å². The molecule has 3 N–H and O–H groups in total. The van der Waals surface area contributed by atoms with Crippen molar-refractivity contribution in [1.29, 1.82) is 0 Å². The summed E-state index contributed by atoms with van der Waals surface area (Å²) in [5.41, 5.74) is 5.15. The largest absolute Gasteiger partial charge is 0.478 e. The Bertz CT molecular complexity index is 407. The average molecular weight is 229 g/mol. The molecule has 1 aromatic rings. The van der Waals surface area contributed by atoms with Crippen LogP contribution in [-0.4, -0.2) is 17.6 Å². The molecule has 0 radical (unpaired) electrons. The molecule has 0 amide bonds. The van der Waals surface area contributed by atoms with Crippen LogP contribution in [0.5, 0.6) is 0 Å². The van der Waals surface area contributed by atoms with Gasteiger partial charge in [0.05, 0.1) is 5.56 Å². The van der Waals surface area contributed by atoms with Gasteiger partial charge in [-0.1, -0.05) is 6.92 Å². The van der Waals surface area contributed by atoms with Crippen LogP contribution in [0.4, 0.5) is 8.78 Å². The van der Waals surface area contributed by atoms with Gasteiger partial charge in [-0.05, 0) is 36.6 Å². The zero-order chi connectivity index (χ0) is 12.3. The first kappa shape index (κ1) is 12.6. The monoisotopic (exact) mass is 229 g/mol. The second kappa shape index (κ2) is 5.03. The summed E-state index contributed by atoms with van der Waals surface area (Å²) in [5.74, 6) is -4.04. The van der Waals surface area contributed by atoms with Crippen LogP contribution in [0.15, 0.2) is 12.1 Å². The van der Waals surface area contributed by atoms with Gasteiger partial charge in [0.25, 0.3) is 0 Å². The maximum Gasteiger partial charge on any atom is 0.338 e. The van der Waals surface area contributed by atoms with Gasteiger partial charge in [0.2, 0.25) is 0 Å². The molecule has 1 unspecified atom stereocenters. The van der Waals surface area contributed by atoms with E-state index in [2.05, 4.69) is 0 Å². The summed E-state index contributed by atoms with van der Waals surface area (Å²) in [5, 5.41) is 8.69. The highest BCUT2D eigenvalue weighted by Gasteiger charge is 2.18. The van der Waals surface area contributed by atoms with Crippen molar-refractivity contribution in [3.8, 4) is 0 Å². The molecule has 0 saturated heterocycles. The Morgan fingerprint density at radius 1 is 1.50 bits per heavy atom. The van der Waals surface area contributed by atoms with Gasteiger partial charge in [-0.15, -0.1) is 0 Å². The molecule has 1 atom stereocenters. The first-order chi connectivity index (χ1) is 7.47. The molecule has 0 spiro atoms. The topological polar surface area (TPSA) is 63.3 Å². The first-order valence-electron chi connectivity index (χ1n) is 4.89. The molecule has 88 valence electrons. The summed E-state index contributed by atoms with van der Waals surface area (Å²) in [7, 11) is 0. The predicted molar refractivity (Wildman–Crippen MR) is 55.4 cm³/mol. The van der Waals surface area contributed by atoms with E-state index in [1.54, 1.807) is 6.92 Å². The number of hydrogen-bond acceptors (Lipinski definition) is 2. The second-order valence-electron chi connectivity index (χ2n) is 3.65. The van der Waals surface area contributed by atoms with Crippen molar-refractivity contribution in [3.63, 3.8) is 0 Å². The Morgan fingerprint density at radius 2 is 2.12 bits per heavy atom. The van der Waals surface area contributed by atoms with Crippen molar-refractivity contribution >= 4 is 5.97 Å². The summed E-state index contributed by atoms with van der Waals surface area (Å²) in [6.45, 7) is 2.19. The van der Waals surface area contributed by atoms with Gasteiger partial charge < -0.3 is 10.8 Å². The fourth-order valence-electron chi connectivity index (χ4n) is 1.47. The molecule has 1 aromatic carbocycles. The minimum Gasteiger partial charge on any atom is -0.478 e. The molecular weight excluding hydrogens is 216 g/mol. The third kappa shape index (κ3) is 2.55. The van der Waals surface area contributed by atoms with Gasteiger partial charge in [0, 0.05) is 0 Å². The highest BCUT2D eigenvalue weighted by molar-refractivity contribution is 5.88. The molecule has 0 aromatic heterocycles. The van der Waals surface area contributed by atoms with Gasteiger partial charge in [-0.3, -0.25) is 0 Å². The lowest BCUT2D eigenvalue weighted by Crippen LogP contribution is -2.08. The summed E-state index contributed by atoms with van der Waals surface area (Å²) >= 11 is 0. The average Bonchev–Trinajstić information content (AvgIpc) is 2.21. The van der Waals surface area contributed by atoms with E-state index in [1.807, 2.05) is 0 Å². The maximum atomic E-state index is 13.1. The van der Waals surface area contributed by atoms with Crippen LogP contribution in [0.1, 0.15) is 35.2 Å². The first-order valence-corrected chi connectivity index (χ1v) is 4.89. The second-order valence-corrected chi connectivity index (χ2v) is 3.65. The van der Waals surface area contributed by atoms with Gasteiger partial charge in [-0.25, -0.2) is 13.6 Å². The fourth-order valence-corrected chi connectivity index (χ4v) is 1.47. The minimum atomic E-state index is -1.47. The van der Waals surface area contributed by atoms with E-state index < -0.39 is 23.2 Å². The number of benzene rings is 1. The molecule has 1 rings (SSSR count). The minimum absolute atomic E-state index is 0.0989. The number of carbonyl (C=O) groups is 1. The number of nitrogens with two attached hydrogens (primary N) is 1. The van der Waals surface area contributed by atoms with Gasteiger partial charge >= 0.3 is 5.97 Å². The van der Waals surface area contributed by atoms with Crippen LogP contribution in [0.3, 0.4) is 0 Å². The van der Waals surface area contributed by atoms with Gasteiger partial charge in [-0.2, -0.15) is 0 Å². The van der Waals surface area contributed by atoms with Crippen molar-refractivity contribution in [2.75, 3.05) is 6.54 Å². The summed E-state index contributed by atoms with van der Waals surface area (Å²) < 4.78 is 26.2. The quantitative estimate of drug-likeness (QED) is 0.831. The molecule has 0 bridgehead atoms.